The molecule has 4 heteroatoms. The first-order valence-corrected chi connectivity index (χ1v) is 8.05. The summed E-state index contributed by atoms with van der Waals surface area (Å²) in [5, 5.41) is -0.0663. The molecule has 1 aromatic rings. The minimum Gasteiger partial charge on any atom is -0.497 e. The summed E-state index contributed by atoms with van der Waals surface area (Å²) in [4.78, 5) is 2.47. The van der Waals surface area contributed by atoms with Crippen LogP contribution in [0.15, 0.2) is 18.2 Å². The molecular weight excluding hydrogens is 286 g/mol. The first-order valence-electron chi connectivity index (χ1n) is 7.61. The van der Waals surface area contributed by atoms with Crippen LogP contribution in [0.25, 0.3) is 0 Å². The Morgan fingerprint density at radius 1 is 1.19 bits per heavy atom. The van der Waals surface area contributed by atoms with E-state index in [1.165, 1.54) is 6.42 Å². The molecular formula is C17H26ClNO2. The molecule has 0 radical (unpaired) electrons. The lowest BCUT2D eigenvalue weighted by atomic mass is 9.91. The molecule has 21 heavy (non-hydrogen) atoms. The molecule has 1 fully saturated rings. The number of halogens is 1. The van der Waals surface area contributed by atoms with Crippen LogP contribution in [-0.4, -0.2) is 38.8 Å². The summed E-state index contributed by atoms with van der Waals surface area (Å²) in [6.45, 7) is 7.76. The Hall–Kier alpha value is -0.930. The second-order valence-corrected chi connectivity index (χ2v) is 6.77. The van der Waals surface area contributed by atoms with E-state index < -0.39 is 0 Å². The lowest BCUT2D eigenvalue weighted by molar-refractivity contribution is 0.141. The van der Waals surface area contributed by atoms with Crippen LogP contribution in [-0.2, 0) is 0 Å². The Kier molecular flexibility index (Phi) is 5.77. The van der Waals surface area contributed by atoms with E-state index in [-0.39, 0.29) is 5.38 Å². The molecule has 0 bridgehead atoms. The van der Waals surface area contributed by atoms with Crippen LogP contribution < -0.4 is 9.47 Å². The minimum atomic E-state index is -0.0663. The topological polar surface area (TPSA) is 21.7 Å². The van der Waals surface area contributed by atoms with Gasteiger partial charge in [-0.25, -0.2) is 0 Å². The normalized spacial score (nSPS) is 24.6. The Morgan fingerprint density at radius 3 is 2.43 bits per heavy atom. The summed E-state index contributed by atoms with van der Waals surface area (Å²) in [5.41, 5.74) is 1.03. The van der Waals surface area contributed by atoms with Crippen LogP contribution in [0.4, 0.5) is 0 Å². The Morgan fingerprint density at radius 2 is 1.86 bits per heavy atom. The molecule has 3 atom stereocenters. The molecule has 1 aliphatic rings. The largest absolute Gasteiger partial charge is 0.497 e. The number of benzene rings is 1. The molecule has 0 amide bonds. The highest BCUT2D eigenvalue weighted by atomic mass is 35.5. The molecule has 1 aliphatic heterocycles. The van der Waals surface area contributed by atoms with E-state index in [9.17, 15) is 0 Å². The van der Waals surface area contributed by atoms with Gasteiger partial charge >= 0.3 is 0 Å². The molecule has 1 aromatic carbocycles. The lowest BCUT2D eigenvalue weighted by Crippen LogP contribution is -2.40. The Bertz CT molecular complexity index is 456. The number of likely N-dealkylation sites (tertiary alicyclic amines) is 1. The van der Waals surface area contributed by atoms with Crippen molar-refractivity contribution in [3.8, 4) is 11.5 Å². The van der Waals surface area contributed by atoms with E-state index in [1.807, 2.05) is 18.2 Å². The zero-order chi connectivity index (χ0) is 15.4. The fourth-order valence-corrected chi connectivity index (χ4v) is 3.72. The van der Waals surface area contributed by atoms with E-state index in [0.717, 1.165) is 48.5 Å². The van der Waals surface area contributed by atoms with Gasteiger partial charge in [-0.3, -0.25) is 0 Å². The van der Waals surface area contributed by atoms with E-state index in [2.05, 4.69) is 18.7 Å². The molecule has 1 saturated heterocycles. The van der Waals surface area contributed by atoms with Gasteiger partial charge in [0.25, 0.3) is 0 Å². The van der Waals surface area contributed by atoms with E-state index >= 15 is 0 Å². The Labute approximate surface area is 133 Å². The predicted octanol–water partition coefficient (Wildman–Crippen LogP) is 3.96. The van der Waals surface area contributed by atoms with E-state index in [0.29, 0.717) is 0 Å². The lowest BCUT2D eigenvalue weighted by Gasteiger charge is -2.36. The number of methoxy groups -OCH3 is 2. The zero-order valence-corrected chi connectivity index (χ0v) is 14.2. The third kappa shape index (κ3) is 4.27. The van der Waals surface area contributed by atoms with Crippen LogP contribution in [0.2, 0.25) is 0 Å². The summed E-state index contributed by atoms with van der Waals surface area (Å²) in [5.74, 6) is 3.08. The molecule has 0 aliphatic carbocycles. The number of ether oxygens (including phenoxy) is 2. The highest BCUT2D eigenvalue weighted by molar-refractivity contribution is 6.21. The highest BCUT2D eigenvalue weighted by Gasteiger charge is 2.25. The van der Waals surface area contributed by atoms with Crippen LogP contribution in [0.1, 0.15) is 31.2 Å². The van der Waals surface area contributed by atoms with Crippen molar-refractivity contribution in [1.82, 2.24) is 4.90 Å². The molecule has 3 unspecified atom stereocenters. The number of nitrogens with zero attached hydrogens (tertiary/aromatic N) is 1. The zero-order valence-electron chi connectivity index (χ0n) is 13.4. The maximum absolute atomic E-state index is 6.65. The second-order valence-electron chi connectivity index (χ2n) is 6.24. The van der Waals surface area contributed by atoms with Crippen LogP contribution in [0.3, 0.4) is 0 Å². The van der Waals surface area contributed by atoms with E-state index in [4.69, 9.17) is 21.1 Å². The molecule has 0 spiro atoms. The van der Waals surface area contributed by atoms with Gasteiger partial charge in [-0.1, -0.05) is 19.9 Å². The number of hydrogen-bond acceptors (Lipinski definition) is 3. The maximum atomic E-state index is 6.65. The van der Waals surface area contributed by atoms with Gasteiger partial charge in [0.2, 0.25) is 0 Å². The first kappa shape index (κ1) is 16.4. The van der Waals surface area contributed by atoms with Gasteiger partial charge < -0.3 is 14.4 Å². The van der Waals surface area contributed by atoms with E-state index in [1.54, 1.807) is 14.2 Å². The van der Waals surface area contributed by atoms with Crippen molar-refractivity contribution in [2.75, 3.05) is 33.9 Å². The third-order valence-electron chi connectivity index (χ3n) is 4.14. The van der Waals surface area contributed by atoms with Crippen molar-refractivity contribution in [3.63, 3.8) is 0 Å². The molecule has 2 rings (SSSR count). The summed E-state index contributed by atoms with van der Waals surface area (Å²) in [7, 11) is 3.33. The molecule has 0 N–H and O–H groups in total. The smallest absolute Gasteiger partial charge is 0.127 e. The van der Waals surface area contributed by atoms with Crippen molar-refractivity contribution in [2.24, 2.45) is 11.8 Å². The van der Waals surface area contributed by atoms with Crippen molar-refractivity contribution >= 4 is 11.6 Å². The molecule has 0 saturated carbocycles. The first-order chi connectivity index (χ1) is 10.0. The van der Waals surface area contributed by atoms with Crippen molar-refractivity contribution in [3.05, 3.63) is 23.8 Å². The quantitative estimate of drug-likeness (QED) is 0.768. The summed E-state index contributed by atoms with van der Waals surface area (Å²) in [6.07, 6.45) is 1.31. The van der Waals surface area contributed by atoms with Crippen LogP contribution in [0, 0.1) is 11.8 Å². The number of alkyl halides is 1. The van der Waals surface area contributed by atoms with Gasteiger partial charge in [-0.2, -0.15) is 0 Å². The average molecular weight is 312 g/mol. The fraction of sp³-hybridized carbons (Fsp3) is 0.647. The van der Waals surface area contributed by atoms with Crippen molar-refractivity contribution < 1.29 is 9.47 Å². The summed E-state index contributed by atoms with van der Waals surface area (Å²) in [6, 6.07) is 5.84. The molecule has 3 nitrogen and oxygen atoms in total. The molecule has 0 aromatic heterocycles. The average Bonchev–Trinajstić information content (AvgIpc) is 2.45. The van der Waals surface area contributed by atoms with Crippen molar-refractivity contribution in [1.29, 1.82) is 0 Å². The number of piperidine rings is 1. The van der Waals surface area contributed by atoms with Gasteiger partial charge in [0.1, 0.15) is 11.5 Å². The van der Waals surface area contributed by atoms with Crippen LogP contribution in [0.5, 0.6) is 11.5 Å². The van der Waals surface area contributed by atoms with Gasteiger partial charge in [0, 0.05) is 31.3 Å². The fourth-order valence-electron chi connectivity index (χ4n) is 3.34. The summed E-state index contributed by atoms with van der Waals surface area (Å²) < 4.78 is 10.7. The maximum Gasteiger partial charge on any atom is 0.127 e. The number of hydrogen-bond donors (Lipinski definition) is 0. The Balaban J connectivity index is 2.07. The predicted molar refractivity (Wildman–Crippen MR) is 87.5 cm³/mol. The van der Waals surface area contributed by atoms with Crippen molar-refractivity contribution in [2.45, 2.75) is 25.6 Å². The van der Waals surface area contributed by atoms with Crippen LogP contribution >= 0.6 is 11.6 Å². The SMILES string of the molecule is COc1ccc(C(Cl)CN2CC(C)CC(C)C2)c(OC)c1. The van der Waals surface area contributed by atoms with Gasteiger partial charge in [0.15, 0.2) is 0 Å². The second kappa shape index (κ2) is 7.37. The van der Waals surface area contributed by atoms with Gasteiger partial charge in [-0.05, 0) is 24.3 Å². The monoisotopic (exact) mass is 311 g/mol. The molecule has 118 valence electrons. The highest BCUT2D eigenvalue weighted by Crippen LogP contribution is 2.34. The molecule has 1 heterocycles. The third-order valence-corrected chi connectivity index (χ3v) is 4.51. The number of rotatable bonds is 5. The summed E-state index contributed by atoms with van der Waals surface area (Å²) >= 11 is 6.65. The van der Waals surface area contributed by atoms with Gasteiger partial charge in [-0.15, -0.1) is 11.6 Å². The minimum absolute atomic E-state index is 0.0663. The standard InChI is InChI=1S/C17H26ClNO2/c1-12-7-13(2)10-19(9-12)11-16(18)15-6-5-14(20-3)8-17(15)21-4/h5-6,8,12-13,16H,7,9-11H2,1-4H3. The van der Waals surface area contributed by atoms with Gasteiger partial charge in [0.05, 0.1) is 19.6 Å².